The van der Waals surface area contributed by atoms with Gasteiger partial charge in [0, 0.05) is 43.0 Å². The van der Waals surface area contributed by atoms with Crippen molar-refractivity contribution >= 4 is 44.4 Å². The van der Waals surface area contributed by atoms with E-state index >= 15 is 0 Å². The lowest BCUT2D eigenvalue weighted by atomic mass is 10.0. The van der Waals surface area contributed by atoms with Gasteiger partial charge in [0.2, 0.25) is 0 Å². The third kappa shape index (κ3) is 3.87. The molecule has 4 aromatic rings. The lowest BCUT2D eigenvalue weighted by Crippen LogP contribution is -2.42. The first-order valence-corrected chi connectivity index (χ1v) is 12.7. The van der Waals surface area contributed by atoms with Gasteiger partial charge in [-0.25, -0.2) is 9.78 Å². The van der Waals surface area contributed by atoms with Crippen molar-refractivity contribution in [3.8, 4) is 11.3 Å². The van der Waals surface area contributed by atoms with E-state index in [2.05, 4.69) is 10.6 Å². The van der Waals surface area contributed by atoms with Crippen molar-refractivity contribution < 1.29 is 19.5 Å². The Kier molecular flexibility index (Phi) is 5.22. The van der Waals surface area contributed by atoms with Gasteiger partial charge in [-0.2, -0.15) is 0 Å². The summed E-state index contributed by atoms with van der Waals surface area (Å²) in [7, 11) is 1.60. The predicted molar refractivity (Wildman–Crippen MR) is 137 cm³/mol. The van der Waals surface area contributed by atoms with Crippen molar-refractivity contribution in [3.63, 3.8) is 0 Å². The van der Waals surface area contributed by atoms with E-state index in [1.807, 2.05) is 34.9 Å². The summed E-state index contributed by atoms with van der Waals surface area (Å²) in [5.41, 5.74) is 3.95. The van der Waals surface area contributed by atoms with Gasteiger partial charge in [-0.1, -0.05) is 23.5 Å². The van der Waals surface area contributed by atoms with Gasteiger partial charge in [0.1, 0.15) is 0 Å². The van der Waals surface area contributed by atoms with Crippen LogP contribution in [-0.2, 0) is 0 Å². The third-order valence-corrected chi connectivity index (χ3v) is 8.36. The Labute approximate surface area is 210 Å². The molecule has 1 saturated carbocycles. The fourth-order valence-corrected chi connectivity index (χ4v) is 6.19. The van der Waals surface area contributed by atoms with E-state index in [0.717, 1.165) is 45.7 Å². The van der Waals surface area contributed by atoms with Gasteiger partial charge < -0.3 is 20.6 Å². The number of likely N-dealkylation sites (tertiary alicyclic amines) is 1. The molecule has 2 aromatic heterocycles. The van der Waals surface area contributed by atoms with Crippen LogP contribution in [0.3, 0.4) is 0 Å². The summed E-state index contributed by atoms with van der Waals surface area (Å²) >= 11 is 1.50. The number of rotatable bonds is 5. The maximum absolute atomic E-state index is 12.9. The average molecular weight is 504 g/mol. The molecule has 2 fully saturated rings. The number of nitrogens with zero attached hydrogens (tertiary/aromatic N) is 3. The number of carbonyl (C=O) groups is 3. The van der Waals surface area contributed by atoms with Gasteiger partial charge in [0.25, 0.3) is 11.8 Å². The highest BCUT2D eigenvalue weighted by molar-refractivity contribution is 7.23. The van der Waals surface area contributed by atoms with Gasteiger partial charge >= 0.3 is 6.09 Å². The minimum absolute atomic E-state index is 0.132. The molecule has 184 valence electrons. The first kappa shape index (κ1) is 22.5. The maximum atomic E-state index is 12.9. The van der Waals surface area contributed by atoms with Gasteiger partial charge in [0.15, 0.2) is 4.96 Å². The van der Waals surface area contributed by atoms with Crippen molar-refractivity contribution in [2.75, 3.05) is 20.1 Å². The summed E-state index contributed by atoms with van der Waals surface area (Å²) in [5.74, 6) is -0.339. The second-order valence-corrected chi connectivity index (χ2v) is 10.7. The Balaban J connectivity index is 1.18. The molecular formula is C26H25N5O4S. The Morgan fingerprint density at radius 2 is 1.86 bits per heavy atom. The SMILES string of the molecule is CNC(=O)c1ccc(-c2cn3c(n2)sc2cc(C(=O)NCC4CC5(CC5)CN4C(=O)O)ccc23)cc1. The van der Waals surface area contributed by atoms with E-state index in [1.54, 1.807) is 25.2 Å². The first-order chi connectivity index (χ1) is 17.4. The highest BCUT2D eigenvalue weighted by atomic mass is 32.1. The van der Waals surface area contributed by atoms with Crippen LogP contribution in [0.25, 0.3) is 26.4 Å². The molecule has 9 nitrogen and oxygen atoms in total. The van der Waals surface area contributed by atoms with Crippen LogP contribution < -0.4 is 10.6 Å². The summed E-state index contributed by atoms with van der Waals surface area (Å²) < 4.78 is 2.94. The first-order valence-electron chi connectivity index (χ1n) is 11.9. The van der Waals surface area contributed by atoms with Crippen LogP contribution >= 0.6 is 11.3 Å². The van der Waals surface area contributed by atoms with E-state index in [4.69, 9.17) is 4.98 Å². The van der Waals surface area contributed by atoms with Crippen molar-refractivity contribution in [1.82, 2.24) is 24.9 Å². The van der Waals surface area contributed by atoms with Crippen LogP contribution in [0.2, 0.25) is 0 Å². The van der Waals surface area contributed by atoms with E-state index in [-0.39, 0.29) is 23.3 Å². The second kappa shape index (κ2) is 8.34. The molecule has 6 rings (SSSR count). The monoisotopic (exact) mass is 503 g/mol. The van der Waals surface area contributed by atoms with Crippen LogP contribution in [0.15, 0.2) is 48.7 Å². The smallest absolute Gasteiger partial charge is 0.407 e. The number of amides is 3. The molecule has 0 radical (unpaired) electrons. The summed E-state index contributed by atoms with van der Waals surface area (Å²) in [6.07, 6.45) is 4.00. The number of fused-ring (bicyclic) bond motifs is 3. The topological polar surface area (TPSA) is 116 Å². The molecule has 1 atom stereocenters. The molecule has 3 heterocycles. The quantitative estimate of drug-likeness (QED) is 0.383. The summed E-state index contributed by atoms with van der Waals surface area (Å²) in [5, 5.41) is 15.1. The van der Waals surface area contributed by atoms with Gasteiger partial charge in [-0.15, -0.1) is 0 Å². The number of aromatic nitrogens is 2. The molecule has 10 heteroatoms. The second-order valence-electron chi connectivity index (χ2n) is 9.70. The number of nitrogens with one attached hydrogen (secondary N) is 2. The molecule has 1 saturated heterocycles. The maximum Gasteiger partial charge on any atom is 0.407 e. The highest BCUT2D eigenvalue weighted by Gasteiger charge is 2.53. The number of benzene rings is 2. The number of carbonyl (C=O) groups excluding carboxylic acids is 2. The zero-order valence-electron chi connectivity index (χ0n) is 19.7. The van der Waals surface area contributed by atoms with Gasteiger partial charge in [-0.05, 0) is 55.0 Å². The van der Waals surface area contributed by atoms with E-state index in [0.29, 0.717) is 24.2 Å². The van der Waals surface area contributed by atoms with Crippen molar-refractivity contribution in [1.29, 1.82) is 0 Å². The Morgan fingerprint density at radius 3 is 2.56 bits per heavy atom. The number of carboxylic acid groups (broad SMARTS) is 1. The minimum Gasteiger partial charge on any atom is -0.465 e. The van der Waals surface area contributed by atoms with Crippen molar-refractivity contribution in [3.05, 3.63) is 59.8 Å². The molecule has 2 aromatic carbocycles. The van der Waals surface area contributed by atoms with Crippen molar-refractivity contribution in [2.45, 2.75) is 25.3 Å². The number of thiazole rings is 1. The van der Waals surface area contributed by atoms with Crippen molar-refractivity contribution in [2.24, 2.45) is 5.41 Å². The van der Waals surface area contributed by atoms with Gasteiger partial charge in [0.05, 0.1) is 22.0 Å². The zero-order chi connectivity index (χ0) is 25.0. The average Bonchev–Trinajstić information content (AvgIpc) is 3.20. The fraction of sp³-hybridized carbons (Fsp3) is 0.308. The Hall–Kier alpha value is -3.92. The molecule has 36 heavy (non-hydrogen) atoms. The van der Waals surface area contributed by atoms with Crippen LogP contribution in [0.5, 0.6) is 0 Å². The third-order valence-electron chi connectivity index (χ3n) is 7.34. The largest absolute Gasteiger partial charge is 0.465 e. The van der Waals surface area contributed by atoms with Crippen LogP contribution in [0.4, 0.5) is 4.79 Å². The van der Waals surface area contributed by atoms with Crippen LogP contribution in [-0.4, -0.2) is 63.5 Å². The number of hydrogen-bond acceptors (Lipinski definition) is 5. The normalized spacial score (nSPS) is 18.1. The van der Waals surface area contributed by atoms with E-state index < -0.39 is 6.09 Å². The number of imidazole rings is 1. The summed E-state index contributed by atoms with van der Waals surface area (Å²) in [6.45, 7) is 0.894. The standard InChI is InChI=1S/C26H25N5O4S/c1-27-22(32)16-4-2-15(3-5-16)19-13-30-20-7-6-17(10-21(20)36-24(30)29-19)23(33)28-12-18-11-26(8-9-26)14-31(18)25(34)35/h2-7,10,13,18H,8-9,11-12,14H2,1H3,(H,27,32)(H,28,33)(H,34,35). The lowest BCUT2D eigenvalue weighted by molar-refractivity contribution is 0.0933. The summed E-state index contributed by atoms with van der Waals surface area (Å²) in [4.78, 5) is 43.3. The van der Waals surface area contributed by atoms with Gasteiger partial charge in [-0.3, -0.25) is 14.0 Å². The predicted octanol–water partition coefficient (Wildman–Crippen LogP) is 3.84. The molecule has 1 spiro atoms. The van der Waals surface area contributed by atoms with E-state index in [1.165, 1.54) is 16.2 Å². The minimum atomic E-state index is -0.914. The Morgan fingerprint density at radius 1 is 1.11 bits per heavy atom. The molecule has 3 amide bonds. The molecule has 1 aliphatic carbocycles. The molecule has 2 aliphatic rings. The summed E-state index contributed by atoms with van der Waals surface area (Å²) in [6, 6.07) is 12.7. The highest BCUT2D eigenvalue weighted by Crippen LogP contribution is 2.54. The molecule has 1 unspecified atom stereocenters. The molecule has 1 aliphatic heterocycles. The van der Waals surface area contributed by atoms with Crippen LogP contribution in [0, 0.1) is 5.41 Å². The molecule has 3 N–H and O–H groups in total. The zero-order valence-corrected chi connectivity index (χ0v) is 20.5. The number of hydrogen-bond donors (Lipinski definition) is 3. The fourth-order valence-electron chi connectivity index (χ4n) is 5.14. The molecular weight excluding hydrogens is 478 g/mol. The van der Waals surface area contributed by atoms with Crippen LogP contribution in [0.1, 0.15) is 40.0 Å². The van der Waals surface area contributed by atoms with E-state index in [9.17, 15) is 19.5 Å². The lowest BCUT2D eigenvalue weighted by Gasteiger charge is -2.21. The Bertz CT molecular complexity index is 1520. The molecule has 0 bridgehead atoms.